The van der Waals surface area contributed by atoms with Crippen molar-refractivity contribution in [3.63, 3.8) is 0 Å². The minimum absolute atomic E-state index is 0.00355. The van der Waals surface area contributed by atoms with Crippen LogP contribution >= 0.6 is 0 Å². The number of hydrogen-bond donors (Lipinski definition) is 0. The number of hydrogen-bond acceptors (Lipinski definition) is 2. The minimum Gasteiger partial charge on any atom is -0.338 e. The van der Waals surface area contributed by atoms with Crippen LogP contribution in [0, 0.1) is 5.92 Å². The molecule has 1 fully saturated rings. The second kappa shape index (κ2) is 7.89. The van der Waals surface area contributed by atoms with Gasteiger partial charge in [-0.05, 0) is 55.4 Å². The van der Waals surface area contributed by atoms with E-state index in [0.29, 0.717) is 30.0 Å². The topological polar surface area (TPSA) is 33.2 Å². The van der Waals surface area contributed by atoms with Crippen LogP contribution in [0.5, 0.6) is 0 Å². The lowest BCUT2D eigenvalue weighted by Crippen LogP contribution is -2.40. The summed E-state index contributed by atoms with van der Waals surface area (Å²) >= 11 is 0. The average Bonchev–Trinajstić information content (AvgIpc) is 2.66. The van der Waals surface area contributed by atoms with E-state index in [0.717, 1.165) is 31.9 Å². The summed E-state index contributed by atoms with van der Waals surface area (Å²) < 4.78 is 38.4. The van der Waals surface area contributed by atoms with Crippen LogP contribution < -0.4 is 0 Å². The molecular weight excluding hydrogens is 341 g/mol. The number of amides is 1. The Morgan fingerprint density at radius 3 is 2.69 bits per heavy atom. The Balaban J connectivity index is 1.58. The minimum atomic E-state index is -4.31. The Kier molecular flexibility index (Phi) is 5.59. The van der Waals surface area contributed by atoms with Gasteiger partial charge in [-0.2, -0.15) is 13.2 Å². The number of benzene rings is 1. The number of likely N-dealkylation sites (tertiary alicyclic amines) is 1. The van der Waals surface area contributed by atoms with E-state index >= 15 is 0 Å². The molecule has 0 aliphatic carbocycles. The molecule has 3 rings (SSSR count). The summed E-state index contributed by atoms with van der Waals surface area (Å²) in [5.74, 6) is 0.306. The Labute approximate surface area is 150 Å². The molecule has 1 aliphatic heterocycles. The van der Waals surface area contributed by atoms with Gasteiger partial charge in [-0.1, -0.05) is 18.2 Å². The highest BCUT2D eigenvalue weighted by Crippen LogP contribution is 2.30. The van der Waals surface area contributed by atoms with Crippen LogP contribution in [0.25, 0.3) is 0 Å². The molecule has 0 spiro atoms. The van der Waals surface area contributed by atoms with Crippen molar-refractivity contribution < 1.29 is 18.0 Å². The summed E-state index contributed by atoms with van der Waals surface area (Å²) in [7, 11) is 0. The molecule has 1 amide bonds. The Hall–Kier alpha value is -2.37. The maximum absolute atomic E-state index is 12.8. The lowest BCUT2D eigenvalue weighted by atomic mass is 9.91. The fraction of sp³-hybridized carbons (Fsp3) is 0.400. The van der Waals surface area contributed by atoms with Gasteiger partial charge in [0.05, 0.1) is 5.56 Å². The molecule has 26 heavy (non-hydrogen) atoms. The number of aryl methyl sites for hydroxylation is 1. The number of rotatable bonds is 4. The summed E-state index contributed by atoms with van der Waals surface area (Å²) in [6.45, 7) is 1.38. The van der Waals surface area contributed by atoms with Crippen molar-refractivity contribution in [1.82, 2.24) is 9.88 Å². The average molecular weight is 362 g/mol. The summed E-state index contributed by atoms with van der Waals surface area (Å²) in [4.78, 5) is 18.3. The smallest absolute Gasteiger partial charge is 0.338 e. The molecule has 2 heterocycles. The van der Waals surface area contributed by atoms with Gasteiger partial charge in [0.25, 0.3) is 5.91 Å². The standard InChI is InChI=1S/C20H21F3N2O/c21-20(22,23)18-5-1-3-15(13-18)6-7-16-4-2-12-25(14-16)19(26)17-8-10-24-11-9-17/h1,3,5,8-11,13,16H,2,4,6-7,12,14H2/t16-/m1/s1. The van der Waals surface area contributed by atoms with Gasteiger partial charge in [-0.15, -0.1) is 0 Å². The summed E-state index contributed by atoms with van der Waals surface area (Å²) in [6.07, 6.45) is 2.18. The number of halogens is 3. The Morgan fingerprint density at radius 2 is 1.96 bits per heavy atom. The first-order valence-electron chi connectivity index (χ1n) is 8.79. The lowest BCUT2D eigenvalue weighted by Gasteiger charge is -2.33. The van der Waals surface area contributed by atoms with E-state index in [2.05, 4.69) is 4.98 Å². The van der Waals surface area contributed by atoms with Crippen LogP contribution in [0.4, 0.5) is 13.2 Å². The quantitative estimate of drug-likeness (QED) is 0.797. The number of pyridine rings is 1. The third kappa shape index (κ3) is 4.62. The van der Waals surface area contributed by atoms with E-state index in [1.54, 1.807) is 30.6 Å². The zero-order valence-corrected chi connectivity index (χ0v) is 14.4. The van der Waals surface area contributed by atoms with Crippen molar-refractivity contribution in [3.05, 3.63) is 65.5 Å². The number of nitrogens with zero attached hydrogens (tertiary/aromatic N) is 2. The first kappa shape index (κ1) is 18.4. The first-order chi connectivity index (χ1) is 12.4. The van der Waals surface area contributed by atoms with Gasteiger partial charge in [0, 0.05) is 31.0 Å². The molecule has 1 atom stereocenters. The third-order valence-corrected chi connectivity index (χ3v) is 4.83. The van der Waals surface area contributed by atoms with Crippen LogP contribution in [0.3, 0.4) is 0 Å². The predicted octanol–water partition coefficient (Wildman–Crippen LogP) is 4.59. The lowest BCUT2D eigenvalue weighted by molar-refractivity contribution is -0.137. The maximum Gasteiger partial charge on any atom is 0.416 e. The van der Waals surface area contributed by atoms with Crippen molar-refractivity contribution in [2.45, 2.75) is 31.9 Å². The molecular formula is C20H21F3N2O. The maximum atomic E-state index is 12.8. The zero-order chi connectivity index (χ0) is 18.6. The van der Waals surface area contributed by atoms with Crippen molar-refractivity contribution in [2.24, 2.45) is 5.92 Å². The molecule has 0 N–H and O–H groups in total. The monoisotopic (exact) mass is 362 g/mol. The van der Waals surface area contributed by atoms with Crippen molar-refractivity contribution in [3.8, 4) is 0 Å². The van der Waals surface area contributed by atoms with E-state index < -0.39 is 11.7 Å². The van der Waals surface area contributed by atoms with Crippen LogP contribution in [0.15, 0.2) is 48.8 Å². The van der Waals surface area contributed by atoms with Crippen LogP contribution in [-0.4, -0.2) is 28.9 Å². The number of piperidine rings is 1. The summed E-state index contributed by atoms with van der Waals surface area (Å²) in [5, 5.41) is 0. The van der Waals surface area contributed by atoms with Crippen molar-refractivity contribution in [2.75, 3.05) is 13.1 Å². The molecule has 1 aliphatic rings. The number of alkyl halides is 3. The SMILES string of the molecule is O=C(c1ccncc1)N1CCC[C@H](CCc2cccc(C(F)(F)F)c2)C1. The van der Waals surface area contributed by atoms with E-state index in [9.17, 15) is 18.0 Å². The highest BCUT2D eigenvalue weighted by Gasteiger charge is 2.30. The molecule has 1 saturated heterocycles. The van der Waals surface area contributed by atoms with Gasteiger partial charge < -0.3 is 4.90 Å². The predicted molar refractivity (Wildman–Crippen MR) is 92.6 cm³/mol. The first-order valence-corrected chi connectivity index (χ1v) is 8.79. The van der Waals surface area contributed by atoms with Crippen molar-refractivity contribution in [1.29, 1.82) is 0 Å². The Bertz CT molecular complexity index is 746. The normalized spacial score (nSPS) is 18.0. The molecule has 0 unspecified atom stereocenters. The van der Waals surface area contributed by atoms with E-state index in [1.807, 2.05) is 4.90 Å². The van der Waals surface area contributed by atoms with E-state index in [4.69, 9.17) is 0 Å². The van der Waals surface area contributed by atoms with Crippen molar-refractivity contribution >= 4 is 5.91 Å². The molecule has 0 bridgehead atoms. The highest BCUT2D eigenvalue weighted by atomic mass is 19.4. The van der Waals surface area contributed by atoms with E-state index in [1.165, 1.54) is 12.1 Å². The third-order valence-electron chi connectivity index (χ3n) is 4.83. The molecule has 0 radical (unpaired) electrons. The van der Waals surface area contributed by atoms with Gasteiger partial charge in [0.1, 0.15) is 0 Å². The number of carbonyl (C=O) groups excluding carboxylic acids is 1. The fourth-order valence-electron chi connectivity index (χ4n) is 3.44. The van der Waals surface area contributed by atoms with Gasteiger partial charge in [0.15, 0.2) is 0 Å². The van der Waals surface area contributed by atoms with Gasteiger partial charge in [-0.25, -0.2) is 0 Å². The molecule has 138 valence electrons. The highest BCUT2D eigenvalue weighted by molar-refractivity contribution is 5.94. The second-order valence-corrected chi connectivity index (χ2v) is 6.73. The fourth-order valence-corrected chi connectivity index (χ4v) is 3.44. The zero-order valence-electron chi connectivity index (χ0n) is 14.4. The van der Waals surface area contributed by atoms with Crippen LogP contribution in [0.1, 0.15) is 40.7 Å². The molecule has 0 saturated carbocycles. The van der Waals surface area contributed by atoms with Gasteiger partial charge in [-0.3, -0.25) is 9.78 Å². The van der Waals surface area contributed by atoms with Gasteiger partial charge >= 0.3 is 6.18 Å². The molecule has 6 heteroatoms. The summed E-state index contributed by atoms with van der Waals surface area (Å²) in [5.41, 5.74) is 0.712. The second-order valence-electron chi connectivity index (χ2n) is 6.73. The van der Waals surface area contributed by atoms with E-state index in [-0.39, 0.29) is 5.91 Å². The number of carbonyl (C=O) groups is 1. The van der Waals surface area contributed by atoms with Crippen LogP contribution in [0.2, 0.25) is 0 Å². The number of aromatic nitrogens is 1. The summed E-state index contributed by atoms with van der Waals surface area (Å²) in [6, 6.07) is 8.92. The Morgan fingerprint density at radius 1 is 1.19 bits per heavy atom. The largest absolute Gasteiger partial charge is 0.416 e. The molecule has 2 aromatic rings. The molecule has 1 aromatic heterocycles. The molecule has 3 nitrogen and oxygen atoms in total. The molecule has 1 aromatic carbocycles. The van der Waals surface area contributed by atoms with Crippen LogP contribution in [-0.2, 0) is 12.6 Å². The van der Waals surface area contributed by atoms with Gasteiger partial charge in [0.2, 0.25) is 0 Å².